The molecular formula is C20H28N2O5S. The number of amides is 1. The molecule has 0 atom stereocenters. The lowest BCUT2D eigenvalue weighted by Crippen LogP contribution is -2.57. The molecule has 0 radical (unpaired) electrons. The van der Waals surface area contributed by atoms with Crippen molar-refractivity contribution in [3.63, 3.8) is 0 Å². The Labute approximate surface area is 166 Å². The van der Waals surface area contributed by atoms with Crippen LogP contribution in [0.1, 0.15) is 38.5 Å². The van der Waals surface area contributed by atoms with Gasteiger partial charge in [-0.05, 0) is 80.0 Å². The fourth-order valence-electron chi connectivity index (χ4n) is 5.95. The zero-order valence-corrected chi connectivity index (χ0v) is 16.9. The summed E-state index contributed by atoms with van der Waals surface area (Å²) in [6, 6.07) is 6.34. The quantitative estimate of drug-likeness (QED) is 0.534. The Kier molecular flexibility index (Phi) is 5.37. The molecule has 4 fully saturated rings. The Morgan fingerprint density at radius 3 is 2.18 bits per heavy atom. The topological polar surface area (TPSA) is 95.9 Å². The molecule has 0 saturated heterocycles. The van der Waals surface area contributed by atoms with Crippen LogP contribution < -0.4 is 10.2 Å². The van der Waals surface area contributed by atoms with Crippen molar-refractivity contribution in [2.75, 3.05) is 13.7 Å². The second-order valence-corrected chi connectivity index (χ2v) is 10.4. The normalized spacial score (nSPS) is 31.2. The molecule has 28 heavy (non-hydrogen) atoms. The average molecular weight is 409 g/mol. The van der Waals surface area contributed by atoms with Gasteiger partial charge < -0.3 is 4.74 Å². The number of carbonyl (C=O) groups is 1. The highest BCUT2D eigenvalue weighted by Crippen LogP contribution is 2.55. The first-order valence-corrected chi connectivity index (χ1v) is 11.4. The summed E-state index contributed by atoms with van der Waals surface area (Å²) in [5, 5.41) is 8.86. The molecule has 4 aliphatic rings. The van der Waals surface area contributed by atoms with Crippen molar-refractivity contribution in [1.29, 1.82) is 0 Å². The number of methoxy groups -OCH3 is 1. The number of rotatable bonds is 7. The molecule has 0 unspecified atom stereocenters. The van der Waals surface area contributed by atoms with Gasteiger partial charge in [-0.1, -0.05) is 0 Å². The van der Waals surface area contributed by atoms with Gasteiger partial charge in [0.2, 0.25) is 15.9 Å². The second kappa shape index (κ2) is 7.65. The van der Waals surface area contributed by atoms with Gasteiger partial charge in [0.1, 0.15) is 5.75 Å². The molecule has 0 heterocycles. The molecule has 1 amide bonds. The molecule has 8 heteroatoms. The standard InChI is InChI=1S/C20H28N2O5S/c1-27-17-2-4-18(5-3-17)28(25,26)22(7-6-19(23)21-24)20-15-9-13-8-14(11-15)12-16(20)10-13/h2-5,13-16,20,24H,6-12H2,1H3,(H,21,23). The van der Waals surface area contributed by atoms with Crippen molar-refractivity contribution in [3.8, 4) is 5.75 Å². The molecule has 154 valence electrons. The molecule has 0 spiro atoms. The predicted molar refractivity (Wildman–Crippen MR) is 102 cm³/mol. The number of benzene rings is 1. The Morgan fingerprint density at radius 2 is 1.68 bits per heavy atom. The van der Waals surface area contributed by atoms with E-state index in [1.54, 1.807) is 34.1 Å². The second-order valence-electron chi connectivity index (χ2n) is 8.50. The highest BCUT2D eigenvalue weighted by Gasteiger charge is 2.52. The van der Waals surface area contributed by atoms with Crippen LogP contribution >= 0.6 is 0 Å². The van der Waals surface area contributed by atoms with Gasteiger partial charge in [0.15, 0.2) is 0 Å². The fraction of sp³-hybridized carbons (Fsp3) is 0.650. The lowest BCUT2D eigenvalue weighted by atomic mass is 9.54. The fourth-order valence-corrected chi connectivity index (χ4v) is 7.69. The van der Waals surface area contributed by atoms with Gasteiger partial charge in [-0.3, -0.25) is 10.0 Å². The number of hydrogen-bond donors (Lipinski definition) is 2. The first-order chi connectivity index (χ1) is 13.4. The maximum Gasteiger partial charge on any atom is 0.244 e. The molecule has 1 aromatic rings. The third-order valence-corrected chi connectivity index (χ3v) is 8.77. The maximum atomic E-state index is 13.5. The number of hydroxylamine groups is 1. The molecule has 4 aliphatic carbocycles. The van der Waals surface area contributed by atoms with Gasteiger partial charge in [-0.2, -0.15) is 4.31 Å². The summed E-state index contributed by atoms with van der Waals surface area (Å²) in [6.45, 7) is 0.0771. The van der Waals surface area contributed by atoms with Crippen molar-refractivity contribution >= 4 is 15.9 Å². The van der Waals surface area contributed by atoms with Crippen LogP contribution in [0, 0.1) is 23.7 Å². The van der Waals surface area contributed by atoms with E-state index in [0.717, 1.165) is 37.5 Å². The van der Waals surface area contributed by atoms with Gasteiger partial charge >= 0.3 is 0 Å². The predicted octanol–water partition coefficient (Wildman–Crippen LogP) is 2.41. The maximum absolute atomic E-state index is 13.5. The Bertz CT molecular complexity index is 796. The van der Waals surface area contributed by atoms with E-state index in [-0.39, 0.29) is 23.9 Å². The lowest BCUT2D eigenvalue weighted by Gasteiger charge is -2.56. The zero-order valence-electron chi connectivity index (χ0n) is 16.1. The van der Waals surface area contributed by atoms with Gasteiger partial charge in [0.05, 0.1) is 12.0 Å². The summed E-state index contributed by atoms with van der Waals surface area (Å²) < 4.78 is 33.8. The van der Waals surface area contributed by atoms with Crippen LogP contribution in [0.3, 0.4) is 0 Å². The molecule has 2 N–H and O–H groups in total. The summed E-state index contributed by atoms with van der Waals surface area (Å²) in [5.74, 6) is 2.21. The van der Waals surface area contributed by atoms with Crippen LogP contribution in [0.2, 0.25) is 0 Å². The van der Waals surface area contributed by atoms with E-state index in [2.05, 4.69) is 0 Å². The van der Waals surface area contributed by atoms with Gasteiger partial charge in [0, 0.05) is 19.0 Å². The van der Waals surface area contributed by atoms with Crippen molar-refractivity contribution in [2.45, 2.75) is 49.5 Å². The van der Waals surface area contributed by atoms with E-state index in [4.69, 9.17) is 9.94 Å². The molecule has 1 aromatic carbocycles. The summed E-state index contributed by atoms with van der Waals surface area (Å²) in [5.41, 5.74) is 1.62. The molecule has 0 aromatic heterocycles. The van der Waals surface area contributed by atoms with Crippen molar-refractivity contribution in [3.05, 3.63) is 24.3 Å². The van der Waals surface area contributed by atoms with Crippen molar-refractivity contribution < 1.29 is 23.2 Å². The minimum absolute atomic E-state index is 0.0608. The number of hydrogen-bond acceptors (Lipinski definition) is 5. The van der Waals surface area contributed by atoms with Crippen LogP contribution in [-0.4, -0.2) is 43.5 Å². The number of sulfonamides is 1. The third-order valence-electron chi connectivity index (χ3n) is 6.86. The van der Waals surface area contributed by atoms with Gasteiger partial charge in [-0.25, -0.2) is 13.9 Å². The zero-order chi connectivity index (χ0) is 19.9. The average Bonchev–Trinajstić information content (AvgIpc) is 2.69. The van der Waals surface area contributed by atoms with Crippen molar-refractivity contribution in [1.82, 2.24) is 9.79 Å². The molecule has 5 rings (SSSR count). The summed E-state index contributed by atoms with van der Waals surface area (Å²) >= 11 is 0. The first-order valence-electron chi connectivity index (χ1n) is 10.0. The van der Waals surface area contributed by atoms with E-state index < -0.39 is 15.9 Å². The summed E-state index contributed by atoms with van der Waals surface area (Å²) in [4.78, 5) is 11.9. The number of nitrogens with one attached hydrogen (secondary N) is 1. The van der Waals surface area contributed by atoms with E-state index in [1.807, 2.05) is 0 Å². The van der Waals surface area contributed by atoms with Crippen LogP contribution in [0.15, 0.2) is 29.2 Å². The van der Waals surface area contributed by atoms with E-state index >= 15 is 0 Å². The highest BCUT2D eigenvalue weighted by atomic mass is 32.2. The molecule has 7 nitrogen and oxygen atoms in total. The summed E-state index contributed by atoms with van der Waals surface area (Å²) in [6.07, 6.45) is 5.56. The van der Waals surface area contributed by atoms with E-state index in [1.165, 1.54) is 13.5 Å². The molecule has 0 aliphatic heterocycles. The van der Waals surface area contributed by atoms with E-state index in [0.29, 0.717) is 17.6 Å². The summed E-state index contributed by atoms with van der Waals surface area (Å²) in [7, 11) is -2.22. The number of nitrogens with zero attached hydrogens (tertiary/aromatic N) is 1. The third kappa shape index (κ3) is 3.53. The van der Waals surface area contributed by atoms with Crippen LogP contribution in [0.4, 0.5) is 0 Å². The number of ether oxygens (including phenoxy) is 1. The molecule has 4 bridgehead atoms. The lowest BCUT2D eigenvalue weighted by molar-refractivity contribution is -0.129. The molecular weight excluding hydrogens is 380 g/mol. The minimum Gasteiger partial charge on any atom is -0.497 e. The SMILES string of the molecule is COc1ccc(S(=O)(=O)N(CCC(=O)NO)C2C3CC4CC(C3)CC2C4)cc1. The first kappa shape index (κ1) is 19.7. The van der Waals surface area contributed by atoms with Gasteiger partial charge in [0.25, 0.3) is 0 Å². The largest absolute Gasteiger partial charge is 0.497 e. The van der Waals surface area contributed by atoms with Crippen LogP contribution in [0.5, 0.6) is 5.75 Å². The monoisotopic (exact) mass is 408 g/mol. The van der Waals surface area contributed by atoms with E-state index in [9.17, 15) is 13.2 Å². The Hall–Kier alpha value is -1.64. The molecule has 4 saturated carbocycles. The smallest absolute Gasteiger partial charge is 0.244 e. The Morgan fingerprint density at radius 1 is 1.11 bits per heavy atom. The highest BCUT2D eigenvalue weighted by molar-refractivity contribution is 7.89. The van der Waals surface area contributed by atoms with Gasteiger partial charge in [-0.15, -0.1) is 0 Å². The van der Waals surface area contributed by atoms with Crippen molar-refractivity contribution in [2.24, 2.45) is 23.7 Å². The Balaban J connectivity index is 1.65. The minimum atomic E-state index is -3.76. The number of carbonyl (C=O) groups excluding carboxylic acids is 1. The van der Waals surface area contributed by atoms with Crippen LogP contribution in [0.25, 0.3) is 0 Å². The van der Waals surface area contributed by atoms with Crippen LogP contribution in [-0.2, 0) is 14.8 Å².